The smallest absolute Gasteiger partial charge is 0.229 e. The zero-order valence-corrected chi connectivity index (χ0v) is 15.6. The van der Waals surface area contributed by atoms with E-state index in [0.29, 0.717) is 16.3 Å². The average Bonchev–Trinajstić information content (AvgIpc) is 3.21. The van der Waals surface area contributed by atoms with Crippen LogP contribution >= 0.6 is 22.9 Å². The Labute approximate surface area is 158 Å². The van der Waals surface area contributed by atoms with Crippen molar-refractivity contribution in [2.75, 3.05) is 11.1 Å². The van der Waals surface area contributed by atoms with Crippen LogP contribution in [0, 0.1) is 12.8 Å². The van der Waals surface area contributed by atoms with Crippen molar-refractivity contribution in [3.8, 4) is 0 Å². The van der Waals surface area contributed by atoms with Crippen molar-refractivity contribution in [3.05, 3.63) is 16.6 Å². The van der Waals surface area contributed by atoms with Gasteiger partial charge in [0.1, 0.15) is 10.5 Å². The number of halogens is 1. The highest BCUT2D eigenvalue weighted by Crippen LogP contribution is 2.35. The predicted octanol–water partition coefficient (Wildman–Crippen LogP) is 2.59. The van der Waals surface area contributed by atoms with Crippen molar-refractivity contribution in [1.29, 1.82) is 0 Å². The van der Waals surface area contributed by atoms with Crippen molar-refractivity contribution >= 4 is 51.0 Å². The number of nitrogens with zero attached hydrogens (tertiary/aromatic N) is 6. The molecule has 0 bridgehead atoms. The summed E-state index contributed by atoms with van der Waals surface area (Å²) in [6, 6.07) is 0.207. The van der Waals surface area contributed by atoms with Crippen LogP contribution in [0.3, 0.4) is 0 Å². The first-order chi connectivity index (χ1) is 12.5. The number of carbonyl (C=O) groups excluding carboxylic acids is 1. The van der Waals surface area contributed by atoms with E-state index in [1.807, 2.05) is 11.5 Å². The summed E-state index contributed by atoms with van der Waals surface area (Å²) in [6.07, 6.45) is 4.98. The topological polar surface area (TPSA) is 124 Å². The lowest BCUT2D eigenvalue weighted by Gasteiger charge is -2.28. The fourth-order valence-corrected chi connectivity index (χ4v) is 4.11. The average molecular weight is 393 g/mol. The third-order valence-corrected chi connectivity index (χ3v) is 5.56. The zero-order valence-electron chi connectivity index (χ0n) is 14.0. The van der Waals surface area contributed by atoms with Gasteiger partial charge in [0, 0.05) is 12.0 Å². The molecule has 0 aromatic carbocycles. The van der Waals surface area contributed by atoms with Crippen LogP contribution in [-0.2, 0) is 4.79 Å². The summed E-state index contributed by atoms with van der Waals surface area (Å²) in [6.45, 7) is 1.86. The first-order valence-corrected chi connectivity index (χ1v) is 9.47. The number of carbonyl (C=O) groups is 1. The van der Waals surface area contributed by atoms with Crippen LogP contribution in [0.15, 0.2) is 6.33 Å². The molecule has 0 aliphatic heterocycles. The molecule has 1 saturated carbocycles. The molecule has 3 aromatic heterocycles. The molecule has 3 N–H and O–H groups in total. The number of nitrogen functional groups attached to an aromatic ring is 1. The number of hydrogen-bond acceptors (Lipinski definition) is 8. The number of aromatic nitrogens is 6. The normalized spacial score (nSPS) is 20.4. The third-order valence-electron chi connectivity index (χ3n) is 4.64. The van der Waals surface area contributed by atoms with Crippen LogP contribution in [0.5, 0.6) is 0 Å². The molecule has 1 aliphatic rings. The van der Waals surface area contributed by atoms with E-state index in [4.69, 9.17) is 17.3 Å². The number of amides is 1. The molecule has 1 aliphatic carbocycles. The van der Waals surface area contributed by atoms with Gasteiger partial charge < -0.3 is 15.6 Å². The summed E-state index contributed by atoms with van der Waals surface area (Å²) < 4.78 is 1.99. The monoisotopic (exact) mass is 392 g/mol. The van der Waals surface area contributed by atoms with Crippen molar-refractivity contribution < 1.29 is 4.79 Å². The van der Waals surface area contributed by atoms with Crippen LogP contribution in [0.1, 0.15) is 36.7 Å². The van der Waals surface area contributed by atoms with Gasteiger partial charge in [-0.3, -0.25) is 4.79 Å². The van der Waals surface area contributed by atoms with Gasteiger partial charge >= 0.3 is 0 Å². The molecule has 9 nitrogen and oxygen atoms in total. The van der Waals surface area contributed by atoms with Crippen LogP contribution in [0.25, 0.3) is 11.2 Å². The molecule has 0 radical (unpaired) electrons. The zero-order chi connectivity index (χ0) is 18.3. The minimum Gasteiger partial charge on any atom is -0.382 e. The molecule has 1 fully saturated rings. The van der Waals surface area contributed by atoms with E-state index in [1.165, 1.54) is 11.3 Å². The van der Waals surface area contributed by atoms with Crippen molar-refractivity contribution in [1.82, 2.24) is 29.7 Å². The molecule has 0 atom stereocenters. The number of rotatable bonds is 3. The molecule has 1 amide bonds. The maximum absolute atomic E-state index is 12.4. The number of nitrogens with two attached hydrogens (primary N) is 1. The molecule has 3 heterocycles. The van der Waals surface area contributed by atoms with Gasteiger partial charge in [-0.2, -0.15) is 9.97 Å². The fraction of sp³-hybridized carbons (Fsp3) is 0.467. The van der Waals surface area contributed by atoms with Crippen LogP contribution in [0.4, 0.5) is 10.9 Å². The Morgan fingerprint density at radius 2 is 2.08 bits per heavy atom. The Hall–Kier alpha value is -2.33. The van der Waals surface area contributed by atoms with Gasteiger partial charge in [-0.25, -0.2) is 4.98 Å². The highest BCUT2D eigenvalue weighted by Gasteiger charge is 2.29. The van der Waals surface area contributed by atoms with E-state index in [2.05, 4.69) is 30.5 Å². The van der Waals surface area contributed by atoms with Crippen LogP contribution in [0.2, 0.25) is 5.28 Å². The van der Waals surface area contributed by atoms with Crippen molar-refractivity contribution in [3.63, 3.8) is 0 Å². The third kappa shape index (κ3) is 3.21. The first-order valence-electron chi connectivity index (χ1n) is 8.28. The number of aryl methyl sites for hydroxylation is 1. The molecule has 4 rings (SSSR count). The standard InChI is InChI=1S/C15H17ClN8OS/c1-7-22-23-15(26-7)21-13(25)8-2-4-9(5-3-8)24-6-18-10-11(17)19-14(16)20-12(10)24/h6,8-9H,2-5H2,1H3,(H2,17,19,20)(H,21,23,25)/t8-,9+. The second-order valence-electron chi connectivity index (χ2n) is 6.32. The van der Waals surface area contributed by atoms with Gasteiger partial charge in [0.15, 0.2) is 11.5 Å². The quantitative estimate of drug-likeness (QED) is 0.656. The fourth-order valence-electron chi connectivity index (χ4n) is 3.35. The Balaban J connectivity index is 1.44. The minimum atomic E-state index is -0.0338. The lowest BCUT2D eigenvalue weighted by atomic mass is 9.85. The Morgan fingerprint density at radius 3 is 2.77 bits per heavy atom. The number of hydrogen-bond donors (Lipinski definition) is 2. The molecule has 3 aromatic rings. The van der Waals surface area contributed by atoms with E-state index < -0.39 is 0 Å². The second kappa shape index (κ2) is 6.76. The lowest BCUT2D eigenvalue weighted by Crippen LogP contribution is -2.28. The van der Waals surface area contributed by atoms with Gasteiger partial charge in [0.05, 0.1) is 6.33 Å². The molecule has 0 spiro atoms. The van der Waals surface area contributed by atoms with Gasteiger partial charge in [0.2, 0.25) is 16.3 Å². The van der Waals surface area contributed by atoms with Gasteiger partial charge in [-0.1, -0.05) is 11.3 Å². The number of anilines is 2. The van der Waals surface area contributed by atoms with Gasteiger partial charge in [-0.05, 0) is 44.2 Å². The van der Waals surface area contributed by atoms with E-state index in [-0.39, 0.29) is 29.0 Å². The van der Waals surface area contributed by atoms with Crippen molar-refractivity contribution in [2.45, 2.75) is 38.6 Å². The van der Waals surface area contributed by atoms with E-state index in [9.17, 15) is 4.79 Å². The first kappa shape index (κ1) is 17.1. The maximum Gasteiger partial charge on any atom is 0.229 e. The lowest BCUT2D eigenvalue weighted by molar-refractivity contribution is -0.121. The van der Waals surface area contributed by atoms with E-state index in [1.54, 1.807) is 6.33 Å². The van der Waals surface area contributed by atoms with Gasteiger partial charge in [-0.15, -0.1) is 10.2 Å². The summed E-state index contributed by atoms with van der Waals surface area (Å²) >= 11 is 7.31. The summed E-state index contributed by atoms with van der Waals surface area (Å²) in [4.78, 5) is 24.9. The summed E-state index contributed by atoms with van der Waals surface area (Å²) in [5.74, 6) is 0.248. The highest BCUT2D eigenvalue weighted by atomic mass is 35.5. The molecule has 136 valence electrons. The second-order valence-corrected chi connectivity index (χ2v) is 7.84. The largest absolute Gasteiger partial charge is 0.382 e. The summed E-state index contributed by atoms with van der Waals surface area (Å²) in [7, 11) is 0. The summed E-state index contributed by atoms with van der Waals surface area (Å²) in [5, 5.41) is 12.2. The highest BCUT2D eigenvalue weighted by molar-refractivity contribution is 7.15. The molecular weight excluding hydrogens is 376 g/mol. The van der Waals surface area contributed by atoms with E-state index >= 15 is 0 Å². The molecule has 0 saturated heterocycles. The predicted molar refractivity (Wildman–Crippen MR) is 99.0 cm³/mol. The van der Waals surface area contributed by atoms with E-state index in [0.717, 1.165) is 30.7 Å². The maximum atomic E-state index is 12.4. The van der Waals surface area contributed by atoms with Crippen molar-refractivity contribution in [2.24, 2.45) is 5.92 Å². The molecule has 0 unspecified atom stereocenters. The SMILES string of the molecule is Cc1nnc(NC(=O)[C@H]2CC[C@@H](n3cnc4c(N)nc(Cl)nc43)CC2)s1. The number of imidazole rings is 1. The molecule has 26 heavy (non-hydrogen) atoms. The van der Waals surface area contributed by atoms with Crippen LogP contribution in [-0.4, -0.2) is 35.6 Å². The number of nitrogens with one attached hydrogen (secondary N) is 1. The minimum absolute atomic E-state index is 0.00435. The Bertz CT molecular complexity index is 962. The Morgan fingerprint density at radius 1 is 1.31 bits per heavy atom. The summed E-state index contributed by atoms with van der Waals surface area (Å²) in [5.41, 5.74) is 7.06. The number of fused-ring (bicyclic) bond motifs is 1. The molecular formula is C15H17ClN8OS. The Kier molecular flexibility index (Phi) is 4.45. The molecule has 11 heteroatoms. The van der Waals surface area contributed by atoms with Crippen LogP contribution < -0.4 is 11.1 Å². The van der Waals surface area contributed by atoms with Gasteiger partial charge in [0.25, 0.3) is 0 Å².